The molecule has 2 unspecified atom stereocenters. The van der Waals surface area contributed by atoms with E-state index in [9.17, 15) is 4.21 Å². The molecule has 1 aromatic rings. The zero-order valence-electron chi connectivity index (χ0n) is 10.4. The average Bonchev–Trinajstić information content (AvgIpc) is 2.81. The molecule has 4 heteroatoms. The smallest absolute Gasteiger partial charge is 0.206 e. The molecule has 2 heterocycles. The lowest BCUT2D eigenvalue weighted by Gasteiger charge is -2.37. The van der Waals surface area contributed by atoms with Crippen LogP contribution in [-0.2, 0) is 11.0 Å². The van der Waals surface area contributed by atoms with E-state index in [0.29, 0.717) is 16.5 Å². The lowest BCUT2D eigenvalue weighted by molar-refractivity contribution is 0.153. The third kappa shape index (κ3) is 1.87. The van der Waals surface area contributed by atoms with E-state index in [-0.39, 0.29) is 0 Å². The summed E-state index contributed by atoms with van der Waals surface area (Å²) in [5.74, 6) is 0.832. The van der Waals surface area contributed by atoms with Gasteiger partial charge in [0.25, 0.3) is 0 Å². The normalized spacial score (nSPS) is 29.4. The summed E-state index contributed by atoms with van der Waals surface area (Å²) in [5.41, 5.74) is 0.469. The Balaban J connectivity index is 1.78. The Morgan fingerprint density at radius 1 is 1.47 bits per heavy atom. The van der Waals surface area contributed by atoms with Crippen LogP contribution in [-0.4, -0.2) is 21.1 Å². The summed E-state index contributed by atoms with van der Waals surface area (Å²) in [6.45, 7) is 5.04. The van der Waals surface area contributed by atoms with Crippen LogP contribution in [0, 0.1) is 12.3 Å². The summed E-state index contributed by atoms with van der Waals surface area (Å²) in [5, 5.41) is 0.603. The summed E-state index contributed by atoms with van der Waals surface area (Å²) in [7, 11) is -1.12. The fraction of sp³-hybridized carbons (Fsp3) is 0.692. The molecule has 1 aliphatic carbocycles. The first-order valence-electron chi connectivity index (χ1n) is 6.35. The van der Waals surface area contributed by atoms with Gasteiger partial charge in [-0.05, 0) is 50.7 Å². The minimum atomic E-state index is -1.12. The van der Waals surface area contributed by atoms with E-state index in [4.69, 9.17) is 4.42 Å². The largest absolute Gasteiger partial charge is 0.451 e. The molecule has 0 aromatic carbocycles. The quantitative estimate of drug-likeness (QED) is 0.812. The van der Waals surface area contributed by atoms with Crippen molar-refractivity contribution in [3.05, 3.63) is 17.9 Å². The molecular weight excluding hydrogens is 234 g/mol. The minimum absolute atomic E-state index is 0.404. The third-order valence-electron chi connectivity index (χ3n) is 4.23. The molecule has 1 aromatic heterocycles. The summed E-state index contributed by atoms with van der Waals surface area (Å²) in [4.78, 5) is 0. The predicted octanol–water partition coefficient (Wildman–Crippen LogP) is 2.88. The van der Waals surface area contributed by atoms with Crippen molar-refractivity contribution < 1.29 is 8.63 Å². The van der Waals surface area contributed by atoms with Gasteiger partial charge in [0.2, 0.25) is 5.09 Å². The van der Waals surface area contributed by atoms with Crippen molar-refractivity contribution in [1.29, 1.82) is 0 Å². The second kappa shape index (κ2) is 3.95. The zero-order valence-corrected chi connectivity index (χ0v) is 11.3. The molecule has 2 fully saturated rings. The van der Waals surface area contributed by atoms with Gasteiger partial charge < -0.3 is 4.42 Å². The van der Waals surface area contributed by atoms with Gasteiger partial charge in [-0.25, -0.2) is 8.51 Å². The lowest BCUT2D eigenvalue weighted by atomic mass is 9.68. The Bertz CT molecular complexity index is 450. The van der Waals surface area contributed by atoms with Gasteiger partial charge in [-0.2, -0.15) is 0 Å². The van der Waals surface area contributed by atoms with Crippen LogP contribution in [0.25, 0.3) is 0 Å². The monoisotopic (exact) mass is 253 g/mol. The predicted molar refractivity (Wildman–Crippen MR) is 66.9 cm³/mol. The Hall–Kier alpha value is -0.610. The van der Waals surface area contributed by atoms with Crippen molar-refractivity contribution in [2.45, 2.75) is 50.7 Å². The van der Waals surface area contributed by atoms with Crippen LogP contribution in [0.4, 0.5) is 0 Å². The van der Waals surface area contributed by atoms with E-state index < -0.39 is 11.0 Å². The molecule has 1 saturated carbocycles. The van der Waals surface area contributed by atoms with E-state index in [2.05, 4.69) is 11.2 Å². The minimum Gasteiger partial charge on any atom is -0.451 e. The molecule has 1 spiro atoms. The molecule has 2 atom stereocenters. The van der Waals surface area contributed by atoms with Crippen LogP contribution in [0.2, 0.25) is 0 Å². The first-order chi connectivity index (χ1) is 8.10. The first kappa shape index (κ1) is 11.5. The van der Waals surface area contributed by atoms with Gasteiger partial charge in [-0.15, -0.1) is 0 Å². The standard InChI is InChI=1S/C13H19NO2S/c1-10-8-13(6-3-7-13)9-14(10)17(15)12-5-4-11(2)16-12/h4-5,10H,3,6-9H2,1-2H3. The van der Waals surface area contributed by atoms with Gasteiger partial charge in [0, 0.05) is 12.6 Å². The molecule has 3 nitrogen and oxygen atoms in total. The second-order valence-corrected chi connectivity index (χ2v) is 6.97. The van der Waals surface area contributed by atoms with E-state index in [1.807, 2.05) is 19.1 Å². The van der Waals surface area contributed by atoms with Crippen LogP contribution >= 0.6 is 0 Å². The SMILES string of the molecule is Cc1ccc(S(=O)N2CC3(CCC3)CC2C)o1. The molecule has 3 rings (SSSR count). The number of aryl methyl sites for hydroxylation is 1. The third-order valence-corrected chi connectivity index (χ3v) is 5.70. The molecule has 0 amide bonds. The Morgan fingerprint density at radius 3 is 2.71 bits per heavy atom. The molecule has 0 N–H and O–H groups in total. The maximum atomic E-state index is 12.4. The summed E-state index contributed by atoms with van der Waals surface area (Å²) >= 11 is 0. The second-order valence-electron chi connectivity index (χ2n) is 5.60. The number of furan rings is 1. The number of nitrogens with zero attached hydrogens (tertiary/aromatic N) is 1. The van der Waals surface area contributed by atoms with Crippen LogP contribution in [0.15, 0.2) is 21.6 Å². The van der Waals surface area contributed by atoms with Crippen molar-refractivity contribution in [3.63, 3.8) is 0 Å². The van der Waals surface area contributed by atoms with Crippen LogP contribution in [0.5, 0.6) is 0 Å². The summed E-state index contributed by atoms with van der Waals surface area (Å²) in [6.07, 6.45) is 5.15. The average molecular weight is 253 g/mol. The zero-order chi connectivity index (χ0) is 12.0. The van der Waals surface area contributed by atoms with E-state index in [0.717, 1.165) is 12.3 Å². The van der Waals surface area contributed by atoms with Gasteiger partial charge in [0.15, 0.2) is 11.0 Å². The maximum Gasteiger partial charge on any atom is 0.206 e. The van der Waals surface area contributed by atoms with Crippen molar-refractivity contribution in [3.8, 4) is 0 Å². The van der Waals surface area contributed by atoms with Crippen LogP contribution in [0.1, 0.15) is 38.4 Å². The molecule has 17 heavy (non-hydrogen) atoms. The molecule has 94 valence electrons. The Labute approximate surface area is 105 Å². The summed E-state index contributed by atoms with van der Waals surface area (Å²) in [6, 6.07) is 4.12. The van der Waals surface area contributed by atoms with Gasteiger partial charge in [-0.3, -0.25) is 0 Å². The molecule has 0 radical (unpaired) electrons. The lowest BCUT2D eigenvalue weighted by Crippen LogP contribution is -2.34. The maximum absolute atomic E-state index is 12.4. The Kier molecular flexibility index (Phi) is 2.67. The number of hydrogen-bond donors (Lipinski definition) is 0. The Morgan fingerprint density at radius 2 is 2.24 bits per heavy atom. The fourth-order valence-electron chi connectivity index (χ4n) is 3.16. The van der Waals surface area contributed by atoms with Crippen LogP contribution < -0.4 is 0 Å². The molecule has 1 aliphatic heterocycles. The number of hydrogen-bond acceptors (Lipinski definition) is 2. The molecule has 0 bridgehead atoms. The van der Waals surface area contributed by atoms with E-state index >= 15 is 0 Å². The van der Waals surface area contributed by atoms with Gasteiger partial charge in [-0.1, -0.05) is 6.42 Å². The highest BCUT2D eigenvalue weighted by Gasteiger charge is 2.48. The topological polar surface area (TPSA) is 33.5 Å². The van der Waals surface area contributed by atoms with Crippen molar-refractivity contribution in [2.75, 3.05) is 6.54 Å². The highest BCUT2D eigenvalue weighted by Crippen LogP contribution is 2.50. The molecule has 2 aliphatic rings. The number of rotatable bonds is 2. The van der Waals surface area contributed by atoms with E-state index in [1.165, 1.54) is 25.7 Å². The first-order valence-corrected chi connectivity index (χ1v) is 7.45. The van der Waals surface area contributed by atoms with Gasteiger partial charge >= 0.3 is 0 Å². The van der Waals surface area contributed by atoms with Crippen molar-refractivity contribution in [2.24, 2.45) is 5.41 Å². The van der Waals surface area contributed by atoms with Crippen molar-refractivity contribution >= 4 is 11.0 Å². The van der Waals surface area contributed by atoms with Crippen molar-refractivity contribution in [1.82, 2.24) is 4.31 Å². The van der Waals surface area contributed by atoms with Gasteiger partial charge in [0.1, 0.15) is 5.76 Å². The molecular formula is C13H19NO2S. The van der Waals surface area contributed by atoms with Gasteiger partial charge in [0.05, 0.1) is 0 Å². The highest BCUT2D eigenvalue weighted by molar-refractivity contribution is 7.82. The van der Waals surface area contributed by atoms with Crippen LogP contribution in [0.3, 0.4) is 0 Å². The highest BCUT2D eigenvalue weighted by atomic mass is 32.2. The summed E-state index contributed by atoms with van der Waals surface area (Å²) < 4.78 is 20.0. The molecule has 1 saturated heterocycles. The fourth-order valence-corrected chi connectivity index (χ4v) is 4.57. The van der Waals surface area contributed by atoms with E-state index in [1.54, 1.807) is 0 Å².